The SMILES string of the molecule is CCC1c2cccn2CCN1C(=O)CC(C)(O)c1ccccc1. The third-order valence-corrected chi connectivity index (χ3v) is 4.76. The molecule has 2 heterocycles. The van der Waals surface area contributed by atoms with Gasteiger partial charge < -0.3 is 14.6 Å². The summed E-state index contributed by atoms with van der Waals surface area (Å²) in [6.45, 7) is 5.33. The van der Waals surface area contributed by atoms with Gasteiger partial charge in [0.25, 0.3) is 0 Å². The highest BCUT2D eigenvalue weighted by molar-refractivity contribution is 5.78. The van der Waals surface area contributed by atoms with E-state index in [1.807, 2.05) is 41.3 Å². The van der Waals surface area contributed by atoms with Crippen LogP contribution in [0.5, 0.6) is 0 Å². The van der Waals surface area contributed by atoms with Crippen molar-refractivity contribution in [3.8, 4) is 0 Å². The summed E-state index contributed by atoms with van der Waals surface area (Å²) in [5.74, 6) is 0.0122. The molecule has 2 atom stereocenters. The molecule has 0 saturated heterocycles. The van der Waals surface area contributed by atoms with Crippen LogP contribution in [0.2, 0.25) is 0 Å². The minimum atomic E-state index is -1.14. The smallest absolute Gasteiger partial charge is 0.226 e. The Balaban J connectivity index is 1.78. The van der Waals surface area contributed by atoms with Gasteiger partial charge in [0.2, 0.25) is 5.91 Å². The fourth-order valence-electron chi connectivity index (χ4n) is 3.49. The number of amides is 1. The third kappa shape index (κ3) is 3.04. The lowest BCUT2D eigenvalue weighted by Crippen LogP contribution is -2.44. The average Bonchev–Trinajstić information content (AvgIpc) is 3.03. The van der Waals surface area contributed by atoms with Crippen LogP contribution < -0.4 is 0 Å². The largest absolute Gasteiger partial charge is 0.385 e. The maximum atomic E-state index is 12.8. The summed E-state index contributed by atoms with van der Waals surface area (Å²) in [7, 11) is 0. The normalized spacial score (nSPS) is 20.0. The molecule has 1 aromatic carbocycles. The summed E-state index contributed by atoms with van der Waals surface area (Å²) in [5.41, 5.74) is 0.823. The first-order valence-electron chi connectivity index (χ1n) is 8.25. The average molecular weight is 312 g/mol. The van der Waals surface area contributed by atoms with E-state index in [1.165, 1.54) is 5.69 Å². The van der Waals surface area contributed by atoms with E-state index in [1.54, 1.807) is 6.92 Å². The molecule has 2 unspecified atom stereocenters. The fraction of sp³-hybridized carbons (Fsp3) is 0.421. The minimum Gasteiger partial charge on any atom is -0.385 e. The Bertz CT molecular complexity index is 676. The van der Waals surface area contributed by atoms with Gasteiger partial charge in [0.15, 0.2) is 0 Å². The zero-order chi connectivity index (χ0) is 16.4. The van der Waals surface area contributed by atoms with Gasteiger partial charge in [-0.3, -0.25) is 4.79 Å². The van der Waals surface area contributed by atoms with Gasteiger partial charge in [0, 0.05) is 25.0 Å². The molecule has 4 heteroatoms. The molecule has 1 N–H and O–H groups in total. The van der Waals surface area contributed by atoms with Crippen LogP contribution in [-0.4, -0.2) is 27.0 Å². The third-order valence-electron chi connectivity index (χ3n) is 4.76. The van der Waals surface area contributed by atoms with Gasteiger partial charge in [0.1, 0.15) is 0 Å². The molecule has 1 aliphatic rings. The van der Waals surface area contributed by atoms with E-state index in [2.05, 4.69) is 23.8 Å². The summed E-state index contributed by atoms with van der Waals surface area (Å²) in [5, 5.41) is 10.7. The molecule has 3 rings (SSSR count). The van der Waals surface area contributed by atoms with Crippen molar-refractivity contribution in [1.29, 1.82) is 0 Å². The first kappa shape index (κ1) is 15.8. The molecule has 4 nitrogen and oxygen atoms in total. The number of aliphatic hydroxyl groups is 1. The van der Waals surface area contributed by atoms with Gasteiger partial charge in [-0.25, -0.2) is 0 Å². The Kier molecular flexibility index (Phi) is 4.26. The molecule has 0 radical (unpaired) electrons. The van der Waals surface area contributed by atoms with Gasteiger partial charge in [-0.05, 0) is 31.0 Å². The summed E-state index contributed by atoms with van der Waals surface area (Å²) >= 11 is 0. The first-order valence-corrected chi connectivity index (χ1v) is 8.25. The maximum absolute atomic E-state index is 12.8. The highest BCUT2D eigenvalue weighted by Gasteiger charge is 2.34. The highest BCUT2D eigenvalue weighted by atomic mass is 16.3. The van der Waals surface area contributed by atoms with Gasteiger partial charge in [-0.1, -0.05) is 37.3 Å². The van der Waals surface area contributed by atoms with E-state index < -0.39 is 5.60 Å². The van der Waals surface area contributed by atoms with E-state index in [0.29, 0.717) is 6.54 Å². The lowest BCUT2D eigenvalue weighted by Gasteiger charge is -2.38. The minimum absolute atomic E-state index is 0.0122. The van der Waals surface area contributed by atoms with Crippen molar-refractivity contribution < 1.29 is 9.90 Å². The fourth-order valence-corrected chi connectivity index (χ4v) is 3.49. The van der Waals surface area contributed by atoms with Crippen LogP contribution in [0.3, 0.4) is 0 Å². The van der Waals surface area contributed by atoms with E-state index >= 15 is 0 Å². The maximum Gasteiger partial charge on any atom is 0.226 e. The second kappa shape index (κ2) is 6.20. The number of nitrogens with zero attached hydrogens (tertiary/aromatic N) is 2. The van der Waals surface area contributed by atoms with Crippen LogP contribution in [0.25, 0.3) is 0 Å². The summed E-state index contributed by atoms with van der Waals surface area (Å²) in [4.78, 5) is 14.8. The van der Waals surface area contributed by atoms with Crippen molar-refractivity contribution in [2.24, 2.45) is 0 Å². The first-order chi connectivity index (χ1) is 11.0. The topological polar surface area (TPSA) is 45.5 Å². The monoisotopic (exact) mass is 312 g/mol. The molecule has 0 saturated carbocycles. The Morgan fingerprint density at radius 2 is 1.96 bits per heavy atom. The second-order valence-corrected chi connectivity index (χ2v) is 6.45. The van der Waals surface area contributed by atoms with Crippen LogP contribution in [0.15, 0.2) is 48.7 Å². The zero-order valence-corrected chi connectivity index (χ0v) is 13.8. The van der Waals surface area contributed by atoms with Crippen molar-refractivity contribution >= 4 is 5.91 Å². The Hall–Kier alpha value is -2.07. The number of rotatable bonds is 4. The Morgan fingerprint density at radius 3 is 2.65 bits per heavy atom. The molecular formula is C19H24N2O2. The van der Waals surface area contributed by atoms with Crippen LogP contribution in [0.1, 0.15) is 44.0 Å². The predicted octanol–water partition coefficient (Wildman–Crippen LogP) is 3.08. The number of hydrogen-bond acceptors (Lipinski definition) is 2. The number of aromatic nitrogens is 1. The van der Waals surface area contributed by atoms with Crippen molar-refractivity contribution in [2.45, 2.75) is 44.9 Å². The molecule has 1 amide bonds. The predicted molar refractivity (Wildman–Crippen MR) is 89.8 cm³/mol. The van der Waals surface area contributed by atoms with Gasteiger partial charge in [-0.15, -0.1) is 0 Å². The van der Waals surface area contributed by atoms with Crippen LogP contribution in [0, 0.1) is 0 Å². The molecule has 0 spiro atoms. The molecule has 23 heavy (non-hydrogen) atoms. The van der Waals surface area contributed by atoms with Gasteiger partial charge in [-0.2, -0.15) is 0 Å². The standard InChI is InChI=1S/C19H24N2O2/c1-3-16-17-10-7-11-20(17)12-13-21(16)18(22)14-19(2,23)15-8-5-4-6-9-15/h4-11,16,23H,3,12-14H2,1-2H3. The molecule has 2 aromatic rings. The Morgan fingerprint density at radius 1 is 1.22 bits per heavy atom. The van der Waals surface area contributed by atoms with E-state index in [-0.39, 0.29) is 18.4 Å². The van der Waals surface area contributed by atoms with Crippen LogP contribution in [0.4, 0.5) is 0 Å². The number of carbonyl (C=O) groups excluding carboxylic acids is 1. The lowest BCUT2D eigenvalue weighted by atomic mass is 9.91. The van der Waals surface area contributed by atoms with Crippen molar-refractivity contribution in [3.05, 3.63) is 59.9 Å². The summed E-state index contributed by atoms with van der Waals surface area (Å²) in [6.07, 6.45) is 3.05. The zero-order valence-electron chi connectivity index (χ0n) is 13.8. The molecule has 0 fully saturated rings. The van der Waals surface area contributed by atoms with Gasteiger partial charge in [0.05, 0.1) is 18.1 Å². The molecule has 122 valence electrons. The van der Waals surface area contributed by atoms with E-state index in [9.17, 15) is 9.90 Å². The van der Waals surface area contributed by atoms with Crippen molar-refractivity contribution in [1.82, 2.24) is 9.47 Å². The van der Waals surface area contributed by atoms with Gasteiger partial charge >= 0.3 is 0 Å². The Labute approximate surface area is 137 Å². The number of benzene rings is 1. The molecule has 0 bridgehead atoms. The number of carbonyl (C=O) groups is 1. The summed E-state index contributed by atoms with van der Waals surface area (Å²) < 4.78 is 2.22. The summed E-state index contributed by atoms with van der Waals surface area (Å²) in [6, 6.07) is 13.6. The second-order valence-electron chi connectivity index (χ2n) is 6.45. The molecule has 1 aromatic heterocycles. The van der Waals surface area contributed by atoms with Crippen LogP contribution in [-0.2, 0) is 16.9 Å². The van der Waals surface area contributed by atoms with Crippen molar-refractivity contribution in [2.75, 3.05) is 6.54 Å². The highest BCUT2D eigenvalue weighted by Crippen LogP contribution is 2.32. The molecule has 1 aliphatic heterocycles. The van der Waals surface area contributed by atoms with E-state index in [4.69, 9.17) is 0 Å². The molecular weight excluding hydrogens is 288 g/mol. The van der Waals surface area contributed by atoms with Crippen LogP contribution >= 0.6 is 0 Å². The van der Waals surface area contributed by atoms with E-state index in [0.717, 1.165) is 18.5 Å². The quantitative estimate of drug-likeness (QED) is 0.943. The van der Waals surface area contributed by atoms with Crippen molar-refractivity contribution in [3.63, 3.8) is 0 Å². The molecule has 0 aliphatic carbocycles. The number of fused-ring (bicyclic) bond motifs is 1. The number of hydrogen-bond donors (Lipinski definition) is 1. The lowest BCUT2D eigenvalue weighted by molar-refractivity contribution is -0.140.